The van der Waals surface area contributed by atoms with Gasteiger partial charge in [0.2, 0.25) is 0 Å². The lowest BCUT2D eigenvalue weighted by Gasteiger charge is -2.20. The summed E-state index contributed by atoms with van der Waals surface area (Å²) in [4.78, 5) is 25.0. The van der Waals surface area contributed by atoms with Crippen molar-refractivity contribution in [1.82, 2.24) is 9.47 Å². The van der Waals surface area contributed by atoms with Crippen molar-refractivity contribution in [2.75, 3.05) is 13.6 Å². The van der Waals surface area contributed by atoms with E-state index >= 15 is 0 Å². The Bertz CT molecular complexity index is 750. The molecule has 1 unspecified atom stereocenters. The molecule has 0 saturated carbocycles. The Labute approximate surface area is 148 Å². The summed E-state index contributed by atoms with van der Waals surface area (Å²) < 4.78 is 2.17. The van der Waals surface area contributed by atoms with E-state index in [-0.39, 0.29) is 18.4 Å². The van der Waals surface area contributed by atoms with Crippen LogP contribution in [0.2, 0.25) is 0 Å². The Hall–Kier alpha value is -2.56. The fraction of sp³-hybridized carbons (Fsp3) is 0.400. The van der Waals surface area contributed by atoms with Crippen LogP contribution in [0.5, 0.6) is 0 Å². The molecule has 0 saturated heterocycles. The van der Waals surface area contributed by atoms with Crippen molar-refractivity contribution in [1.29, 1.82) is 0 Å². The van der Waals surface area contributed by atoms with Crippen molar-refractivity contribution in [3.8, 4) is 0 Å². The number of hydrogen-bond acceptors (Lipinski definition) is 2. The second-order valence-electron chi connectivity index (χ2n) is 6.47. The average Bonchev–Trinajstić information content (AvgIpc) is 2.88. The van der Waals surface area contributed by atoms with Crippen LogP contribution in [0.1, 0.15) is 53.1 Å². The maximum Gasteiger partial charge on any atom is 0.303 e. The van der Waals surface area contributed by atoms with Crippen molar-refractivity contribution in [2.24, 2.45) is 0 Å². The molecule has 0 fully saturated rings. The molecule has 0 bridgehead atoms. The Balaban J connectivity index is 2.21. The Kier molecular flexibility index (Phi) is 6.02. The molecule has 5 nitrogen and oxygen atoms in total. The topological polar surface area (TPSA) is 62.5 Å². The van der Waals surface area contributed by atoms with Gasteiger partial charge in [-0.1, -0.05) is 30.3 Å². The fourth-order valence-electron chi connectivity index (χ4n) is 3.24. The van der Waals surface area contributed by atoms with Crippen LogP contribution in [0.4, 0.5) is 0 Å². The molecule has 1 aromatic carbocycles. The van der Waals surface area contributed by atoms with Crippen molar-refractivity contribution in [3.63, 3.8) is 0 Å². The molecule has 0 spiro atoms. The Morgan fingerprint density at radius 1 is 1.20 bits per heavy atom. The second kappa shape index (κ2) is 8.01. The van der Waals surface area contributed by atoms with Crippen LogP contribution >= 0.6 is 0 Å². The SMILES string of the molecule is Cc1cc(C(=O)N(C)CCCC(=O)O)c(C)n1C(C)c1ccccc1. The summed E-state index contributed by atoms with van der Waals surface area (Å²) in [6, 6.07) is 12.3. The number of aryl methyl sites for hydroxylation is 1. The van der Waals surface area contributed by atoms with E-state index in [1.54, 1.807) is 11.9 Å². The standard InChI is InChI=1S/C20H26N2O3/c1-14-13-18(20(25)21(4)12-8-11-19(23)24)16(3)22(14)15(2)17-9-6-5-7-10-17/h5-7,9-10,13,15H,8,11-12H2,1-4H3,(H,23,24). The molecule has 2 rings (SSSR count). The zero-order valence-electron chi connectivity index (χ0n) is 15.3. The molecule has 1 heterocycles. The molecule has 1 amide bonds. The van der Waals surface area contributed by atoms with Crippen molar-refractivity contribution in [3.05, 3.63) is 58.9 Å². The van der Waals surface area contributed by atoms with Gasteiger partial charge in [0.15, 0.2) is 0 Å². The molecule has 1 aromatic heterocycles. The van der Waals surface area contributed by atoms with Gasteiger partial charge in [0.25, 0.3) is 5.91 Å². The van der Waals surface area contributed by atoms with Crippen LogP contribution in [0, 0.1) is 13.8 Å². The van der Waals surface area contributed by atoms with Gasteiger partial charge in [-0.2, -0.15) is 0 Å². The third kappa shape index (κ3) is 4.29. The number of carboxylic acid groups (broad SMARTS) is 1. The number of carbonyl (C=O) groups excluding carboxylic acids is 1. The number of aromatic nitrogens is 1. The molecule has 1 atom stereocenters. The van der Waals surface area contributed by atoms with Gasteiger partial charge >= 0.3 is 5.97 Å². The van der Waals surface area contributed by atoms with E-state index in [0.29, 0.717) is 18.5 Å². The molecule has 25 heavy (non-hydrogen) atoms. The number of amides is 1. The van der Waals surface area contributed by atoms with E-state index in [2.05, 4.69) is 23.6 Å². The van der Waals surface area contributed by atoms with E-state index in [1.807, 2.05) is 38.1 Å². The van der Waals surface area contributed by atoms with E-state index in [1.165, 1.54) is 5.56 Å². The van der Waals surface area contributed by atoms with E-state index in [9.17, 15) is 9.59 Å². The van der Waals surface area contributed by atoms with Crippen LogP contribution in [0.25, 0.3) is 0 Å². The maximum absolute atomic E-state index is 12.7. The third-order valence-electron chi connectivity index (χ3n) is 4.61. The van der Waals surface area contributed by atoms with Gasteiger partial charge in [0, 0.05) is 31.4 Å². The van der Waals surface area contributed by atoms with Crippen molar-refractivity contribution >= 4 is 11.9 Å². The predicted octanol–water partition coefficient (Wildman–Crippen LogP) is 3.65. The first kappa shape index (κ1) is 18.8. The molecule has 5 heteroatoms. The minimum atomic E-state index is -0.837. The number of carbonyl (C=O) groups is 2. The second-order valence-corrected chi connectivity index (χ2v) is 6.47. The number of benzene rings is 1. The lowest BCUT2D eigenvalue weighted by Crippen LogP contribution is -2.28. The van der Waals surface area contributed by atoms with Gasteiger partial charge in [-0.25, -0.2) is 0 Å². The first-order valence-corrected chi connectivity index (χ1v) is 8.53. The van der Waals surface area contributed by atoms with Gasteiger partial charge in [0.1, 0.15) is 0 Å². The number of carboxylic acids is 1. The minimum absolute atomic E-state index is 0.0648. The quantitative estimate of drug-likeness (QED) is 0.835. The molecule has 0 aliphatic carbocycles. The van der Waals surface area contributed by atoms with Crippen LogP contribution in [0.15, 0.2) is 36.4 Å². The molecule has 0 radical (unpaired) electrons. The third-order valence-corrected chi connectivity index (χ3v) is 4.61. The number of nitrogens with zero attached hydrogens (tertiary/aromatic N) is 2. The van der Waals surface area contributed by atoms with Gasteiger partial charge in [0.05, 0.1) is 11.6 Å². The smallest absolute Gasteiger partial charge is 0.303 e. The summed E-state index contributed by atoms with van der Waals surface area (Å²) in [6.45, 7) is 6.53. The van der Waals surface area contributed by atoms with Gasteiger partial charge < -0.3 is 14.6 Å². The summed E-state index contributed by atoms with van der Waals surface area (Å²) in [5.41, 5.74) is 3.84. The molecule has 1 N–H and O–H groups in total. The van der Waals surface area contributed by atoms with Gasteiger partial charge in [-0.05, 0) is 38.8 Å². The Morgan fingerprint density at radius 2 is 1.84 bits per heavy atom. The Morgan fingerprint density at radius 3 is 2.44 bits per heavy atom. The van der Waals surface area contributed by atoms with E-state index in [4.69, 9.17) is 5.11 Å². The first-order chi connectivity index (χ1) is 11.8. The largest absolute Gasteiger partial charge is 0.481 e. The van der Waals surface area contributed by atoms with Crippen molar-refractivity contribution < 1.29 is 14.7 Å². The number of rotatable bonds is 7. The first-order valence-electron chi connectivity index (χ1n) is 8.53. The normalized spacial score (nSPS) is 12.0. The summed E-state index contributed by atoms with van der Waals surface area (Å²) in [6.07, 6.45) is 0.526. The zero-order chi connectivity index (χ0) is 18.6. The van der Waals surface area contributed by atoms with Gasteiger partial charge in [-0.3, -0.25) is 9.59 Å². The van der Waals surface area contributed by atoms with Crippen LogP contribution in [-0.4, -0.2) is 40.0 Å². The highest BCUT2D eigenvalue weighted by molar-refractivity contribution is 5.95. The molecule has 0 aliphatic heterocycles. The van der Waals surface area contributed by atoms with Gasteiger partial charge in [-0.15, -0.1) is 0 Å². The number of hydrogen-bond donors (Lipinski definition) is 1. The summed E-state index contributed by atoms with van der Waals surface area (Å²) in [5, 5.41) is 8.73. The molecular weight excluding hydrogens is 316 g/mol. The highest BCUT2D eigenvalue weighted by Gasteiger charge is 2.21. The number of aliphatic carboxylic acids is 1. The maximum atomic E-state index is 12.7. The zero-order valence-corrected chi connectivity index (χ0v) is 15.3. The van der Waals surface area contributed by atoms with Crippen molar-refractivity contribution in [2.45, 2.75) is 39.7 Å². The molecule has 134 valence electrons. The lowest BCUT2D eigenvalue weighted by atomic mass is 10.1. The summed E-state index contributed by atoms with van der Waals surface area (Å²) >= 11 is 0. The van der Waals surface area contributed by atoms with E-state index in [0.717, 1.165) is 11.4 Å². The average molecular weight is 342 g/mol. The summed E-state index contributed by atoms with van der Waals surface area (Å²) in [7, 11) is 1.72. The van der Waals surface area contributed by atoms with Crippen LogP contribution in [-0.2, 0) is 4.79 Å². The van der Waals surface area contributed by atoms with Crippen LogP contribution < -0.4 is 0 Å². The molecule has 0 aliphatic rings. The fourth-order valence-corrected chi connectivity index (χ4v) is 3.24. The minimum Gasteiger partial charge on any atom is -0.481 e. The lowest BCUT2D eigenvalue weighted by molar-refractivity contribution is -0.137. The summed E-state index contributed by atoms with van der Waals surface area (Å²) in [5.74, 6) is -0.902. The highest BCUT2D eigenvalue weighted by atomic mass is 16.4. The molecule has 2 aromatic rings. The van der Waals surface area contributed by atoms with Crippen LogP contribution in [0.3, 0.4) is 0 Å². The predicted molar refractivity (Wildman–Crippen MR) is 98.0 cm³/mol. The molecular formula is C20H26N2O3. The monoisotopic (exact) mass is 342 g/mol. The van der Waals surface area contributed by atoms with E-state index < -0.39 is 5.97 Å². The highest BCUT2D eigenvalue weighted by Crippen LogP contribution is 2.26.